The number of aryl methyl sites for hydroxylation is 1. The number of rotatable bonds is 8. The van der Waals surface area contributed by atoms with Gasteiger partial charge < -0.3 is 15.1 Å². The Labute approximate surface area is 239 Å². The number of halogens is 2. The molecule has 1 N–H and O–H groups in total. The fourth-order valence-corrected chi connectivity index (χ4v) is 7.43. The summed E-state index contributed by atoms with van der Waals surface area (Å²) in [5, 5.41) is 3.85. The van der Waals surface area contributed by atoms with Crippen molar-refractivity contribution in [3.63, 3.8) is 0 Å². The third-order valence-electron chi connectivity index (χ3n) is 9.65. The van der Waals surface area contributed by atoms with Crippen molar-refractivity contribution in [2.45, 2.75) is 88.6 Å². The monoisotopic (exact) mass is 553 g/mol. The fourth-order valence-electron chi connectivity index (χ4n) is 7.20. The number of nitrogens with one attached hydrogen (secondary N) is 1. The Morgan fingerprint density at radius 3 is 2.49 bits per heavy atom. The molecule has 0 spiro atoms. The predicted octanol–water partition coefficient (Wildman–Crippen LogP) is 6.32. The second-order valence-electron chi connectivity index (χ2n) is 12.2. The third kappa shape index (κ3) is 7.11. The molecule has 0 amide bonds. The first-order chi connectivity index (χ1) is 18.9. The summed E-state index contributed by atoms with van der Waals surface area (Å²) < 4.78 is 14.5. The summed E-state index contributed by atoms with van der Waals surface area (Å²) in [6.07, 6.45) is 10.5. The lowest BCUT2D eigenvalue weighted by atomic mass is 9.69. The molecule has 3 heterocycles. The summed E-state index contributed by atoms with van der Waals surface area (Å²) in [7, 11) is 0. The lowest BCUT2D eigenvalue weighted by molar-refractivity contribution is -0.120. The summed E-state index contributed by atoms with van der Waals surface area (Å²) in [6.45, 7) is 8.87. The molecule has 4 nitrogen and oxygen atoms in total. The van der Waals surface area contributed by atoms with E-state index in [9.17, 15) is 9.18 Å². The van der Waals surface area contributed by atoms with Gasteiger partial charge in [0, 0.05) is 23.0 Å². The van der Waals surface area contributed by atoms with E-state index in [1.54, 1.807) is 12.1 Å². The Balaban J connectivity index is 1.29. The summed E-state index contributed by atoms with van der Waals surface area (Å²) >= 11 is 6.29. The molecule has 2 aromatic rings. The molecule has 39 heavy (non-hydrogen) atoms. The quantitative estimate of drug-likeness (QED) is 0.415. The van der Waals surface area contributed by atoms with Gasteiger partial charge >= 0.3 is 0 Å². The molecule has 3 fully saturated rings. The van der Waals surface area contributed by atoms with E-state index in [-0.39, 0.29) is 23.7 Å². The van der Waals surface area contributed by atoms with E-state index in [1.165, 1.54) is 62.4 Å². The minimum absolute atomic E-state index is 0.0250. The lowest BCUT2D eigenvalue weighted by Gasteiger charge is -2.42. The molecule has 212 valence electrons. The molecule has 0 aromatic heterocycles. The van der Waals surface area contributed by atoms with Crippen molar-refractivity contribution in [2.75, 3.05) is 39.3 Å². The molecular formula is C33H45ClFN3O. The molecular weight excluding hydrogens is 509 g/mol. The zero-order chi connectivity index (χ0) is 27.2. The predicted molar refractivity (Wildman–Crippen MR) is 158 cm³/mol. The molecule has 2 atom stereocenters. The fraction of sp³-hybridized carbons (Fsp3) is 0.606. The molecule has 3 aliphatic heterocycles. The van der Waals surface area contributed by atoms with E-state index in [0.29, 0.717) is 10.6 Å². The summed E-state index contributed by atoms with van der Waals surface area (Å²) in [6, 6.07) is 14.0. The highest BCUT2D eigenvalue weighted by atomic mass is 35.5. The zero-order valence-electron chi connectivity index (χ0n) is 23.6. The molecule has 0 bridgehead atoms. The first kappa shape index (κ1) is 28.7. The number of nitrogens with zero attached hydrogens (tertiary/aromatic N) is 2. The van der Waals surface area contributed by atoms with Gasteiger partial charge in [-0.25, -0.2) is 4.39 Å². The van der Waals surface area contributed by atoms with E-state index < -0.39 is 5.82 Å². The van der Waals surface area contributed by atoms with Crippen LogP contribution in [0.25, 0.3) is 0 Å². The normalized spacial score (nSPS) is 25.9. The van der Waals surface area contributed by atoms with Gasteiger partial charge in [0.05, 0.1) is 6.04 Å². The number of benzene rings is 2. The number of hydrogen-bond donors (Lipinski definition) is 1. The number of hydrogen-bond acceptors (Lipinski definition) is 4. The largest absolute Gasteiger partial charge is 0.307 e. The van der Waals surface area contributed by atoms with Gasteiger partial charge in [-0.15, -0.1) is 0 Å². The van der Waals surface area contributed by atoms with Crippen molar-refractivity contribution in [1.82, 2.24) is 15.1 Å². The van der Waals surface area contributed by atoms with Crippen molar-refractivity contribution in [3.05, 3.63) is 70.0 Å². The van der Waals surface area contributed by atoms with Crippen LogP contribution in [0.5, 0.6) is 0 Å². The van der Waals surface area contributed by atoms with E-state index in [0.717, 1.165) is 57.9 Å². The van der Waals surface area contributed by atoms with Gasteiger partial charge in [0.15, 0.2) is 5.78 Å². The summed E-state index contributed by atoms with van der Waals surface area (Å²) in [5.41, 5.74) is 2.82. The number of carbonyl (C=O) groups excluding carboxylic acids is 1. The van der Waals surface area contributed by atoms with Crippen LogP contribution in [0.3, 0.4) is 0 Å². The molecule has 6 heteroatoms. The highest BCUT2D eigenvalue weighted by Crippen LogP contribution is 2.40. The number of ketones is 1. The van der Waals surface area contributed by atoms with Crippen LogP contribution >= 0.6 is 11.6 Å². The number of likely N-dealkylation sites (tertiary alicyclic amines) is 2. The zero-order valence-corrected chi connectivity index (χ0v) is 24.3. The third-order valence-corrected chi connectivity index (χ3v) is 10.0. The summed E-state index contributed by atoms with van der Waals surface area (Å²) in [5.74, 6) is -0.370. The van der Waals surface area contributed by atoms with Gasteiger partial charge in [-0.1, -0.05) is 53.9 Å². The molecule has 0 aliphatic carbocycles. The van der Waals surface area contributed by atoms with Crippen molar-refractivity contribution < 1.29 is 9.18 Å². The Morgan fingerprint density at radius 1 is 1.03 bits per heavy atom. The molecule has 3 saturated heterocycles. The molecule has 2 unspecified atom stereocenters. The first-order valence-corrected chi connectivity index (χ1v) is 15.5. The first-order valence-electron chi connectivity index (χ1n) is 15.2. The van der Waals surface area contributed by atoms with E-state index in [2.05, 4.69) is 46.3 Å². The number of Topliss-reactive ketones (excluding diaryl/α,β-unsaturated/α-hetero) is 1. The standard InChI is InChI=1S/C33H45ClFN3O/c1-25-9-11-26(12-10-25)33(16-22-37-20-13-27(14-21-37)38-18-3-2-4-19-38)15-6-17-36-31(24-33)32(39)23-28-29(34)7-5-8-30(28)35/h5,7-12,27,31,36H,2-4,6,13-24H2,1H3. The van der Waals surface area contributed by atoms with Crippen LogP contribution in [0.4, 0.5) is 4.39 Å². The smallest absolute Gasteiger partial charge is 0.154 e. The lowest BCUT2D eigenvalue weighted by Crippen LogP contribution is -2.48. The van der Waals surface area contributed by atoms with Crippen molar-refractivity contribution >= 4 is 17.4 Å². The van der Waals surface area contributed by atoms with Crippen molar-refractivity contribution in [2.24, 2.45) is 0 Å². The van der Waals surface area contributed by atoms with Crippen LogP contribution in [-0.2, 0) is 16.6 Å². The average Bonchev–Trinajstić information content (AvgIpc) is 3.19. The number of piperidine rings is 2. The highest BCUT2D eigenvalue weighted by Gasteiger charge is 2.39. The minimum Gasteiger partial charge on any atom is -0.307 e. The maximum atomic E-state index is 14.5. The molecule has 3 aliphatic rings. The van der Waals surface area contributed by atoms with Gasteiger partial charge in [-0.05, 0) is 121 Å². The average molecular weight is 554 g/mol. The molecule has 0 saturated carbocycles. The minimum atomic E-state index is -0.401. The maximum Gasteiger partial charge on any atom is 0.154 e. The van der Waals surface area contributed by atoms with Crippen molar-refractivity contribution in [3.8, 4) is 0 Å². The number of carbonyl (C=O) groups is 1. The van der Waals surface area contributed by atoms with Gasteiger partial charge in [-0.3, -0.25) is 4.79 Å². The second-order valence-corrected chi connectivity index (χ2v) is 12.6. The van der Waals surface area contributed by atoms with Gasteiger partial charge in [0.1, 0.15) is 5.82 Å². The molecule has 2 aromatic carbocycles. The summed E-state index contributed by atoms with van der Waals surface area (Å²) in [4.78, 5) is 19.0. The van der Waals surface area contributed by atoms with E-state index in [1.807, 2.05) is 0 Å². The SMILES string of the molecule is Cc1ccc(C2(CCN3CCC(N4CCCCC4)CC3)CCCNC(C(=O)Cc3c(F)cccc3Cl)C2)cc1. The topological polar surface area (TPSA) is 35.6 Å². The Morgan fingerprint density at radius 2 is 1.77 bits per heavy atom. The van der Waals surface area contributed by atoms with Gasteiger partial charge in [0.2, 0.25) is 0 Å². The van der Waals surface area contributed by atoms with Crippen LogP contribution < -0.4 is 5.32 Å². The van der Waals surface area contributed by atoms with Crippen LogP contribution in [0, 0.1) is 12.7 Å². The Kier molecular flexibility index (Phi) is 9.76. The van der Waals surface area contributed by atoms with E-state index in [4.69, 9.17) is 11.6 Å². The van der Waals surface area contributed by atoms with Crippen LogP contribution in [-0.4, -0.2) is 66.9 Å². The van der Waals surface area contributed by atoms with E-state index >= 15 is 0 Å². The van der Waals surface area contributed by atoms with Crippen LogP contribution in [0.1, 0.15) is 74.5 Å². The van der Waals surface area contributed by atoms with Gasteiger partial charge in [0.25, 0.3) is 0 Å². The van der Waals surface area contributed by atoms with Gasteiger partial charge in [-0.2, -0.15) is 0 Å². The van der Waals surface area contributed by atoms with Crippen molar-refractivity contribution in [1.29, 1.82) is 0 Å². The second kappa shape index (κ2) is 13.2. The maximum absolute atomic E-state index is 14.5. The molecule has 0 radical (unpaired) electrons. The molecule has 5 rings (SSSR count). The van der Waals surface area contributed by atoms with Crippen LogP contribution in [0.15, 0.2) is 42.5 Å². The van der Waals surface area contributed by atoms with Crippen LogP contribution in [0.2, 0.25) is 5.02 Å². The highest BCUT2D eigenvalue weighted by molar-refractivity contribution is 6.31. The Bertz CT molecular complexity index is 1070. The Hall–Kier alpha value is -1.79.